The van der Waals surface area contributed by atoms with Crippen LogP contribution in [0.2, 0.25) is 0 Å². The number of aromatic carboxylic acids is 1. The summed E-state index contributed by atoms with van der Waals surface area (Å²) in [6, 6.07) is 10.1. The van der Waals surface area contributed by atoms with E-state index < -0.39 is 5.97 Å². The molecule has 9 nitrogen and oxygen atoms in total. The predicted molar refractivity (Wildman–Crippen MR) is 124 cm³/mol. The van der Waals surface area contributed by atoms with Crippen LogP contribution in [-0.4, -0.2) is 59.7 Å². The summed E-state index contributed by atoms with van der Waals surface area (Å²) in [5, 5.41) is 14.9. The molecule has 1 amide bonds. The highest BCUT2D eigenvalue weighted by atomic mass is 32.1. The van der Waals surface area contributed by atoms with Gasteiger partial charge in [-0.15, -0.1) is 11.3 Å². The first-order valence-electron chi connectivity index (χ1n) is 10.8. The Labute approximate surface area is 194 Å². The summed E-state index contributed by atoms with van der Waals surface area (Å²) < 4.78 is 3.33. The molecule has 3 aromatic heterocycles. The van der Waals surface area contributed by atoms with E-state index in [1.807, 2.05) is 46.8 Å². The standard InChI is InChI=1S/C16H18N4O.C7H6N2O2S/c17-10-12-8-11-9-15(11)20(12)16(21)13-4-1-2-5-14(13)19-7-3-6-18-19;1-4-5(6(10)11)9-2-3-12-7(9)8-4/h1-7,11-12,15H,8-10,17H2;2-3H,1H3,(H,10,11)/t11-,12+,15+;/m1./s1. The molecule has 1 aliphatic carbocycles. The van der Waals surface area contributed by atoms with Gasteiger partial charge in [0.25, 0.3) is 5.91 Å². The molecule has 33 heavy (non-hydrogen) atoms. The van der Waals surface area contributed by atoms with Crippen LogP contribution in [0.4, 0.5) is 0 Å². The molecule has 0 bridgehead atoms. The number of carbonyl (C=O) groups is 2. The quantitative estimate of drug-likeness (QED) is 0.479. The number of thiazole rings is 1. The number of fused-ring (bicyclic) bond motifs is 2. The smallest absolute Gasteiger partial charge is 0.354 e. The number of hydrogen-bond acceptors (Lipinski definition) is 6. The van der Waals surface area contributed by atoms with Gasteiger partial charge >= 0.3 is 5.97 Å². The predicted octanol–water partition coefficient (Wildman–Crippen LogP) is 2.84. The molecule has 4 aromatic rings. The van der Waals surface area contributed by atoms with E-state index >= 15 is 0 Å². The molecule has 170 valence electrons. The summed E-state index contributed by atoms with van der Waals surface area (Å²) >= 11 is 1.43. The second kappa shape index (κ2) is 8.45. The lowest BCUT2D eigenvalue weighted by molar-refractivity contribution is 0.0684. The largest absolute Gasteiger partial charge is 0.477 e. The molecule has 1 aromatic carbocycles. The number of amides is 1. The third kappa shape index (κ3) is 3.81. The molecular weight excluding hydrogens is 440 g/mol. The minimum absolute atomic E-state index is 0.0848. The molecule has 2 aliphatic rings. The number of aromatic nitrogens is 4. The number of carboxylic acids is 1. The fourth-order valence-corrected chi connectivity index (χ4v) is 5.40. The van der Waals surface area contributed by atoms with Crippen molar-refractivity contribution in [3.8, 4) is 5.69 Å². The molecule has 0 unspecified atom stereocenters. The number of nitrogens with two attached hydrogens (primary N) is 1. The fourth-order valence-electron chi connectivity index (χ4n) is 4.64. The maximum atomic E-state index is 13.0. The van der Waals surface area contributed by atoms with Crippen molar-refractivity contribution < 1.29 is 14.7 Å². The molecule has 1 aliphatic heterocycles. The van der Waals surface area contributed by atoms with Crippen molar-refractivity contribution >= 4 is 28.2 Å². The minimum atomic E-state index is -0.932. The Morgan fingerprint density at radius 1 is 1.21 bits per heavy atom. The van der Waals surface area contributed by atoms with Crippen LogP contribution < -0.4 is 5.73 Å². The fraction of sp³-hybridized carbons (Fsp3) is 0.304. The zero-order valence-electron chi connectivity index (χ0n) is 18.0. The van der Waals surface area contributed by atoms with Gasteiger partial charge in [0.15, 0.2) is 10.7 Å². The van der Waals surface area contributed by atoms with E-state index in [1.54, 1.807) is 28.4 Å². The number of para-hydroxylation sites is 1. The topological polar surface area (TPSA) is 119 Å². The lowest BCUT2D eigenvalue weighted by Gasteiger charge is -2.27. The number of nitrogens with zero attached hydrogens (tertiary/aromatic N) is 5. The van der Waals surface area contributed by atoms with Crippen molar-refractivity contribution in [2.45, 2.75) is 31.8 Å². The van der Waals surface area contributed by atoms with Crippen molar-refractivity contribution in [2.75, 3.05) is 6.54 Å². The Bertz CT molecular complexity index is 1310. The molecule has 3 atom stereocenters. The van der Waals surface area contributed by atoms with Crippen molar-refractivity contribution in [3.63, 3.8) is 0 Å². The van der Waals surface area contributed by atoms with Gasteiger partial charge in [0.05, 0.1) is 16.9 Å². The molecule has 1 saturated carbocycles. The summed E-state index contributed by atoms with van der Waals surface area (Å²) in [6.07, 6.45) is 7.47. The highest BCUT2D eigenvalue weighted by Crippen LogP contribution is 2.48. The van der Waals surface area contributed by atoms with Gasteiger partial charge in [0.2, 0.25) is 0 Å². The molecule has 0 radical (unpaired) electrons. The third-order valence-electron chi connectivity index (χ3n) is 6.24. The van der Waals surface area contributed by atoms with E-state index in [4.69, 9.17) is 10.8 Å². The molecule has 6 rings (SSSR count). The average Bonchev–Trinajstić information content (AvgIpc) is 3.28. The summed E-state index contributed by atoms with van der Waals surface area (Å²) in [5.41, 5.74) is 8.19. The Hall–Kier alpha value is -3.50. The lowest BCUT2D eigenvalue weighted by atomic mass is 10.1. The number of benzene rings is 1. The number of aryl methyl sites for hydroxylation is 1. The van der Waals surface area contributed by atoms with Gasteiger partial charge < -0.3 is 15.7 Å². The Morgan fingerprint density at radius 3 is 2.76 bits per heavy atom. The molecule has 1 saturated heterocycles. The zero-order chi connectivity index (χ0) is 23.1. The number of piperidine rings is 1. The van der Waals surface area contributed by atoms with E-state index in [1.165, 1.54) is 11.3 Å². The summed E-state index contributed by atoms with van der Waals surface area (Å²) in [6.45, 7) is 2.24. The molecule has 0 spiro atoms. The number of carbonyl (C=O) groups excluding carboxylic acids is 1. The van der Waals surface area contributed by atoms with Crippen LogP contribution in [0.5, 0.6) is 0 Å². The molecular formula is C23H24N6O3S. The first-order chi connectivity index (χ1) is 16.0. The van der Waals surface area contributed by atoms with Gasteiger partial charge in [-0.05, 0) is 43.9 Å². The van der Waals surface area contributed by atoms with Gasteiger partial charge in [-0.25, -0.2) is 14.5 Å². The average molecular weight is 465 g/mol. The Morgan fingerprint density at radius 2 is 2.03 bits per heavy atom. The maximum Gasteiger partial charge on any atom is 0.354 e. The van der Waals surface area contributed by atoms with E-state index in [9.17, 15) is 9.59 Å². The van der Waals surface area contributed by atoms with E-state index in [0.29, 0.717) is 29.8 Å². The second-order valence-electron chi connectivity index (χ2n) is 8.28. The molecule has 10 heteroatoms. The van der Waals surface area contributed by atoms with Crippen molar-refractivity contribution in [3.05, 3.63) is 71.3 Å². The van der Waals surface area contributed by atoms with Crippen LogP contribution in [0.25, 0.3) is 10.6 Å². The highest BCUT2D eigenvalue weighted by molar-refractivity contribution is 7.15. The van der Waals surface area contributed by atoms with Crippen molar-refractivity contribution in [1.29, 1.82) is 0 Å². The van der Waals surface area contributed by atoms with Crippen LogP contribution in [0.3, 0.4) is 0 Å². The van der Waals surface area contributed by atoms with Gasteiger partial charge in [-0.2, -0.15) is 5.10 Å². The van der Waals surface area contributed by atoms with Crippen LogP contribution in [0, 0.1) is 12.8 Å². The SMILES string of the molecule is Cc1nc2sccn2c1C(=O)O.NC[C@@H]1C[C@@H]2C[C@@H]2N1C(=O)c1ccccc1-n1cccn1. The Balaban J connectivity index is 0.000000162. The minimum Gasteiger partial charge on any atom is -0.477 e. The zero-order valence-corrected chi connectivity index (χ0v) is 18.9. The van der Waals surface area contributed by atoms with E-state index in [-0.39, 0.29) is 17.6 Å². The maximum absolute atomic E-state index is 13.0. The first-order valence-corrected chi connectivity index (χ1v) is 11.6. The van der Waals surface area contributed by atoms with E-state index in [0.717, 1.165) is 23.5 Å². The summed E-state index contributed by atoms with van der Waals surface area (Å²) in [7, 11) is 0. The number of rotatable bonds is 4. The van der Waals surface area contributed by atoms with Gasteiger partial charge in [0.1, 0.15) is 0 Å². The molecule has 4 heterocycles. The van der Waals surface area contributed by atoms with Crippen LogP contribution in [-0.2, 0) is 0 Å². The normalized spacial score (nSPS) is 20.9. The number of hydrogen-bond donors (Lipinski definition) is 2. The van der Waals surface area contributed by atoms with Crippen molar-refractivity contribution in [1.82, 2.24) is 24.1 Å². The Kier molecular flexibility index (Phi) is 5.47. The van der Waals surface area contributed by atoms with Crippen LogP contribution in [0.15, 0.2) is 54.3 Å². The van der Waals surface area contributed by atoms with Gasteiger partial charge in [-0.3, -0.25) is 9.20 Å². The molecule has 3 N–H and O–H groups in total. The first kappa shape index (κ1) is 21.4. The monoisotopic (exact) mass is 464 g/mol. The van der Waals surface area contributed by atoms with E-state index in [2.05, 4.69) is 10.1 Å². The van der Waals surface area contributed by atoms with Crippen LogP contribution >= 0.6 is 11.3 Å². The highest BCUT2D eigenvalue weighted by Gasteiger charge is 2.53. The van der Waals surface area contributed by atoms with Gasteiger partial charge in [-0.1, -0.05) is 12.1 Å². The molecule has 2 fully saturated rings. The van der Waals surface area contributed by atoms with Gasteiger partial charge in [0, 0.05) is 42.6 Å². The number of likely N-dealkylation sites (tertiary alicyclic amines) is 1. The lowest BCUT2D eigenvalue weighted by Crippen LogP contribution is -2.42. The number of carboxylic acid groups (broad SMARTS) is 1. The second-order valence-corrected chi connectivity index (χ2v) is 9.15. The van der Waals surface area contributed by atoms with Crippen molar-refractivity contribution in [2.24, 2.45) is 11.7 Å². The summed E-state index contributed by atoms with van der Waals surface area (Å²) in [5.74, 6) is -0.181. The number of imidazole rings is 1. The van der Waals surface area contributed by atoms with Crippen LogP contribution in [0.1, 0.15) is 39.4 Å². The third-order valence-corrected chi connectivity index (χ3v) is 7.00. The summed E-state index contributed by atoms with van der Waals surface area (Å²) in [4.78, 5) is 30.6.